The van der Waals surface area contributed by atoms with E-state index in [2.05, 4.69) is 55.0 Å². The van der Waals surface area contributed by atoms with Crippen LogP contribution in [0.25, 0.3) is 0 Å². The van der Waals surface area contributed by atoms with E-state index >= 15 is 0 Å². The van der Waals surface area contributed by atoms with Gasteiger partial charge in [0.05, 0.1) is 0 Å². The highest BCUT2D eigenvalue weighted by molar-refractivity contribution is 5.25. The van der Waals surface area contributed by atoms with Crippen LogP contribution in [0.1, 0.15) is 37.4 Å². The van der Waals surface area contributed by atoms with E-state index in [0.717, 1.165) is 32.6 Å². The normalized spacial score (nSPS) is 22.9. The van der Waals surface area contributed by atoms with E-state index in [-0.39, 0.29) is 6.04 Å². The fourth-order valence-electron chi connectivity index (χ4n) is 3.00. The summed E-state index contributed by atoms with van der Waals surface area (Å²) in [6, 6.07) is 9.59. The average Bonchev–Trinajstić information content (AvgIpc) is 2.49. The highest BCUT2D eigenvalue weighted by atomic mass is 15.3. The molecule has 0 amide bonds. The Morgan fingerprint density at radius 1 is 1.20 bits per heavy atom. The van der Waals surface area contributed by atoms with Crippen LogP contribution >= 0.6 is 0 Å². The summed E-state index contributed by atoms with van der Waals surface area (Å²) in [6.07, 6.45) is 2.31. The summed E-state index contributed by atoms with van der Waals surface area (Å²) in [5.41, 5.74) is 9.02. The molecule has 0 radical (unpaired) electrons. The molecule has 1 aliphatic rings. The molecule has 1 saturated heterocycles. The second kappa shape index (κ2) is 7.21. The second-order valence-corrected chi connectivity index (χ2v) is 6.00. The SMILES string of the molecule is CCc1ccc(C(N)CN2CCN(C)C(CC)C2)cc1. The molecule has 2 unspecified atom stereocenters. The third kappa shape index (κ3) is 3.81. The van der Waals surface area contributed by atoms with Gasteiger partial charge in [0, 0.05) is 38.3 Å². The monoisotopic (exact) mass is 275 g/mol. The Balaban J connectivity index is 1.91. The number of hydrogen-bond donors (Lipinski definition) is 1. The zero-order chi connectivity index (χ0) is 14.5. The molecule has 3 heteroatoms. The summed E-state index contributed by atoms with van der Waals surface area (Å²) in [4.78, 5) is 4.99. The number of rotatable bonds is 5. The lowest BCUT2D eigenvalue weighted by Crippen LogP contribution is -2.52. The Kier molecular flexibility index (Phi) is 5.58. The van der Waals surface area contributed by atoms with Crippen LogP contribution in [-0.2, 0) is 6.42 Å². The smallest absolute Gasteiger partial charge is 0.0424 e. The highest BCUT2D eigenvalue weighted by Crippen LogP contribution is 2.17. The predicted octanol–water partition coefficient (Wildman–Crippen LogP) is 2.27. The molecule has 0 spiro atoms. The second-order valence-electron chi connectivity index (χ2n) is 6.00. The molecule has 0 saturated carbocycles. The Labute approximate surface area is 123 Å². The van der Waals surface area contributed by atoms with Crippen molar-refractivity contribution in [2.75, 3.05) is 33.2 Å². The van der Waals surface area contributed by atoms with Crippen molar-refractivity contribution in [3.63, 3.8) is 0 Å². The van der Waals surface area contributed by atoms with Crippen LogP contribution in [0, 0.1) is 0 Å². The minimum absolute atomic E-state index is 0.127. The number of piperazine rings is 1. The first-order valence-corrected chi connectivity index (χ1v) is 7.91. The average molecular weight is 275 g/mol. The maximum atomic E-state index is 6.38. The van der Waals surface area contributed by atoms with Gasteiger partial charge in [-0.15, -0.1) is 0 Å². The van der Waals surface area contributed by atoms with E-state index in [4.69, 9.17) is 5.73 Å². The first-order chi connectivity index (χ1) is 9.63. The van der Waals surface area contributed by atoms with Gasteiger partial charge in [-0.25, -0.2) is 0 Å². The van der Waals surface area contributed by atoms with Crippen LogP contribution in [0.5, 0.6) is 0 Å². The van der Waals surface area contributed by atoms with E-state index in [1.807, 2.05) is 0 Å². The van der Waals surface area contributed by atoms with E-state index < -0.39 is 0 Å². The third-order valence-electron chi connectivity index (χ3n) is 4.60. The minimum atomic E-state index is 0.127. The van der Waals surface area contributed by atoms with Crippen LogP contribution in [0.3, 0.4) is 0 Å². The minimum Gasteiger partial charge on any atom is -0.323 e. The first-order valence-electron chi connectivity index (χ1n) is 7.91. The molecule has 0 aromatic heterocycles. The quantitative estimate of drug-likeness (QED) is 0.895. The van der Waals surface area contributed by atoms with Crippen LogP contribution in [-0.4, -0.2) is 49.1 Å². The van der Waals surface area contributed by atoms with Gasteiger partial charge < -0.3 is 10.6 Å². The van der Waals surface area contributed by atoms with Crippen molar-refractivity contribution in [2.24, 2.45) is 5.73 Å². The van der Waals surface area contributed by atoms with Gasteiger partial charge >= 0.3 is 0 Å². The molecule has 2 rings (SSSR count). The predicted molar refractivity (Wildman–Crippen MR) is 85.9 cm³/mol. The van der Waals surface area contributed by atoms with Crippen LogP contribution in [0.2, 0.25) is 0 Å². The molecule has 1 aromatic carbocycles. The summed E-state index contributed by atoms with van der Waals surface area (Å²) >= 11 is 0. The Morgan fingerprint density at radius 3 is 2.50 bits per heavy atom. The van der Waals surface area contributed by atoms with Gasteiger partial charge in [0.1, 0.15) is 0 Å². The molecule has 2 N–H and O–H groups in total. The van der Waals surface area contributed by atoms with Crippen molar-refractivity contribution in [1.82, 2.24) is 9.80 Å². The topological polar surface area (TPSA) is 32.5 Å². The molecule has 0 aliphatic carbocycles. The summed E-state index contributed by atoms with van der Waals surface area (Å²) in [7, 11) is 2.23. The van der Waals surface area contributed by atoms with Crippen molar-refractivity contribution in [1.29, 1.82) is 0 Å². The summed E-state index contributed by atoms with van der Waals surface area (Å²) in [6.45, 7) is 8.86. The zero-order valence-electron chi connectivity index (χ0n) is 13.2. The van der Waals surface area contributed by atoms with E-state index in [0.29, 0.717) is 6.04 Å². The number of nitrogens with two attached hydrogens (primary N) is 1. The molecule has 112 valence electrons. The molecule has 1 aliphatic heterocycles. The van der Waals surface area contributed by atoms with E-state index in [9.17, 15) is 0 Å². The lowest BCUT2D eigenvalue weighted by atomic mass is 10.0. The van der Waals surface area contributed by atoms with Crippen LogP contribution in [0.15, 0.2) is 24.3 Å². The fraction of sp³-hybridized carbons (Fsp3) is 0.647. The number of benzene rings is 1. The molecular weight excluding hydrogens is 246 g/mol. The molecule has 20 heavy (non-hydrogen) atoms. The third-order valence-corrected chi connectivity index (χ3v) is 4.60. The molecule has 2 atom stereocenters. The lowest BCUT2D eigenvalue weighted by molar-refractivity contribution is 0.0890. The standard InChI is InChI=1S/C17H29N3/c1-4-14-6-8-15(9-7-14)17(18)13-20-11-10-19(3)16(5-2)12-20/h6-9,16-17H,4-5,10-13,18H2,1-3H3. The summed E-state index contributed by atoms with van der Waals surface area (Å²) < 4.78 is 0. The molecule has 1 fully saturated rings. The lowest BCUT2D eigenvalue weighted by Gasteiger charge is -2.40. The largest absolute Gasteiger partial charge is 0.323 e. The maximum absolute atomic E-state index is 6.38. The van der Waals surface area contributed by atoms with Gasteiger partial charge in [0.25, 0.3) is 0 Å². The van der Waals surface area contributed by atoms with E-state index in [1.54, 1.807) is 0 Å². The van der Waals surface area contributed by atoms with Gasteiger partial charge in [-0.3, -0.25) is 4.90 Å². The Morgan fingerprint density at radius 2 is 1.90 bits per heavy atom. The van der Waals surface area contributed by atoms with Gasteiger partial charge in [-0.05, 0) is 31.0 Å². The Hall–Kier alpha value is -0.900. The summed E-state index contributed by atoms with van der Waals surface area (Å²) in [5, 5.41) is 0. The number of hydrogen-bond acceptors (Lipinski definition) is 3. The Bertz CT molecular complexity index is 401. The van der Waals surface area contributed by atoms with Crippen LogP contribution < -0.4 is 5.73 Å². The number of nitrogens with zero attached hydrogens (tertiary/aromatic N) is 2. The van der Waals surface area contributed by atoms with Crippen molar-refractivity contribution < 1.29 is 0 Å². The zero-order valence-corrected chi connectivity index (χ0v) is 13.2. The van der Waals surface area contributed by atoms with Crippen molar-refractivity contribution in [3.8, 4) is 0 Å². The van der Waals surface area contributed by atoms with Crippen LogP contribution in [0.4, 0.5) is 0 Å². The molecule has 0 bridgehead atoms. The van der Waals surface area contributed by atoms with Gasteiger partial charge in [0.2, 0.25) is 0 Å². The number of likely N-dealkylation sites (N-methyl/N-ethyl adjacent to an activating group) is 1. The molecular formula is C17H29N3. The first kappa shape index (κ1) is 15.5. The van der Waals surface area contributed by atoms with Crippen molar-refractivity contribution in [2.45, 2.75) is 38.8 Å². The van der Waals surface area contributed by atoms with Crippen molar-refractivity contribution in [3.05, 3.63) is 35.4 Å². The number of aryl methyl sites for hydroxylation is 1. The fourth-order valence-corrected chi connectivity index (χ4v) is 3.00. The summed E-state index contributed by atoms with van der Waals surface area (Å²) in [5.74, 6) is 0. The maximum Gasteiger partial charge on any atom is 0.0424 e. The van der Waals surface area contributed by atoms with Gasteiger partial charge in [-0.1, -0.05) is 38.1 Å². The molecule has 3 nitrogen and oxygen atoms in total. The molecule has 1 heterocycles. The highest BCUT2D eigenvalue weighted by Gasteiger charge is 2.24. The van der Waals surface area contributed by atoms with Gasteiger partial charge in [-0.2, -0.15) is 0 Å². The molecule has 1 aromatic rings. The van der Waals surface area contributed by atoms with Gasteiger partial charge in [0.15, 0.2) is 0 Å². The van der Waals surface area contributed by atoms with Crippen molar-refractivity contribution >= 4 is 0 Å². The van der Waals surface area contributed by atoms with E-state index in [1.165, 1.54) is 17.5 Å².